The molecule has 0 aliphatic rings. The molecular formula is C11H14BrFO2. The van der Waals surface area contributed by atoms with E-state index in [1.165, 1.54) is 6.07 Å². The number of hydrogen-bond donors (Lipinski definition) is 1. The molecule has 0 heterocycles. The number of hydrogen-bond acceptors (Lipinski definition) is 2. The lowest BCUT2D eigenvalue weighted by molar-refractivity contribution is 0.110. The van der Waals surface area contributed by atoms with Crippen LogP contribution in [0.4, 0.5) is 4.39 Å². The first-order chi connectivity index (χ1) is 7.15. The highest BCUT2D eigenvalue weighted by Crippen LogP contribution is 2.22. The first-order valence-electron chi connectivity index (χ1n) is 4.75. The Labute approximate surface area is 97.2 Å². The van der Waals surface area contributed by atoms with Crippen LogP contribution in [0.15, 0.2) is 22.7 Å². The van der Waals surface area contributed by atoms with Crippen molar-refractivity contribution in [3.8, 4) is 0 Å². The minimum Gasteiger partial charge on any atom is -0.393 e. The summed E-state index contributed by atoms with van der Waals surface area (Å²) >= 11 is 3.16. The van der Waals surface area contributed by atoms with E-state index in [4.69, 9.17) is 4.74 Å². The van der Waals surface area contributed by atoms with Gasteiger partial charge >= 0.3 is 0 Å². The maximum atomic E-state index is 13.1. The number of aliphatic hydroxyl groups is 1. The van der Waals surface area contributed by atoms with Crippen molar-refractivity contribution in [3.05, 3.63) is 34.1 Å². The van der Waals surface area contributed by atoms with E-state index in [1.54, 1.807) is 19.2 Å². The number of methoxy groups -OCH3 is 1. The zero-order valence-corrected chi connectivity index (χ0v) is 10.1. The molecule has 0 aliphatic heterocycles. The van der Waals surface area contributed by atoms with Crippen molar-refractivity contribution >= 4 is 15.9 Å². The monoisotopic (exact) mass is 276 g/mol. The van der Waals surface area contributed by atoms with Crippen molar-refractivity contribution in [2.24, 2.45) is 0 Å². The molecule has 1 N–H and O–H groups in total. The Kier molecular flexibility index (Phi) is 5.22. The van der Waals surface area contributed by atoms with Crippen molar-refractivity contribution in [3.63, 3.8) is 0 Å². The van der Waals surface area contributed by atoms with Crippen molar-refractivity contribution in [2.75, 3.05) is 13.7 Å². The molecule has 0 saturated heterocycles. The summed E-state index contributed by atoms with van der Waals surface area (Å²) in [6.45, 7) is 0.508. The van der Waals surface area contributed by atoms with E-state index in [1.807, 2.05) is 0 Å². The third kappa shape index (κ3) is 3.89. The van der Waals surface area contributed by atoms with E-state index < -0.39 is 6.10 Å². The fourth-order valence-corrected chi connectivity index (χ4v) is 1.74. The second kappa shape index (κ2) is 6.20. The molecule has 1 unspecified atom stereocenters. The fraction of sp³-hybridized carbons (Fsp3) is 0.455. The lowest BCUT2D eigenvalue weighted by Crippen LogP contribution is -2.13. The van der Waals surface area contributed by atoms with E-state index in [9.17, 15) is 9.50 Å². The molecule has 0 fully saturated rings. The molecule has 0 spiro atoms. The average Bonchev–Trinajstić information content (AvgIpc) is 2.22. The van der Waals surface area contributed by atoms with Crippen LogP contribution < -0.4 is 0 Å². The SMILES string of the molecule is COCCC(O)Cc1cccc(F)c1Br. The van der Waals surface area contributed by atoms with Crippen LogP contribution in [0.3, 0.4) is 0 Å². The van der Waals surface area contributed by atoms with Gasteiger partial charge in [0.1, 0.15) is 5.82 Å². The van der Waals surface area contributed by atoms with Gasteiger partial charge in [-0.1, -0.05) is 12.1 Å². The van der Waals surface area contributed by atoms with Gasteiger partial charge in [0.05, 0.1) is 10.6 Å². The molecular weight excluding hydrogens is 263 g/mol. The molecule has 0 saturated carbocycles. The Morgan fingerprint density at radius 3 is 2.93 bits per heavy atom. The molecule has 15 heavy (non-hydrogen) atoms. The predicted molar refractivity (Wildman–Crippen MR) is 60.3 cm³/mol. The van der Waals surface area contributed by atoms with E-state index in [-0.39, 0.29) is 5.82 Å². The van der Waals surface area contributed by atoms with E-state index in [0.29, 0.717) is 23.9 Å². The zero-order chi connectivity index (χ0) is 11.3. The molecule has 1 atom stereocenters. The van der Waals surface area contributed by atoms with Gasteiger partial charge in [-0.2, -0.15) is 0 Å². The highest BCUT2D eigenvalue weighted by Gasteiger charge is 2.10. The van der Waals surface area contributed by atoms with Crippen molar-refractivity contribution < 1.29 is 14.2 Å². The summed E-state index contributed by atoms with van der Waals surface area (Å²) < 4.78 is 18.4. The molecule has 84 valence electrons. The standard InChI is InChI=1S/C11H14BrFO2/c1-15-6-5-9(14)7-8-3-2-4-10(13)11(8)12/h2-4,9,14H,5-7H2,1H3. The molecule has 4 heteroatoms. The van der Waals surface area contributed by atoms with Crippen LogP contribution in [-0.4, -0.2) is 24.9 Å². The van der Waals surface area contributed by atoms with Gasteiger partial charge in [-0.3, -0.25) is 0 Å². The summed E-state index contributed by atoms with van der Waals surface area (Å²) in [5, 5.41) is 9.63. The Bertz CT molecular complexity index is 317. The summed E-state index contributed by atoms with van der Waals surface area (Å²) in [6.07, 6.45) is 0.490. The lowest BCUT2D eigenvalue weighted by atomic mass is 10.1. The van der Waals surface area contributed by atoms with Gasteiger partial charge in [0.15, 0.2) is 0 Å². The van der Waals surface area contributed by atoms with Crippen LogP contribution >= 0.6 is 15.9 Å². The summed E-state index contributed by atoms with van der Waals surface area (Å²) in [5.41, 5.74) is 0.776. The highest BCUT2D eigenvalue weighted by atomic mass is 79.9. The smallest absolute Gasteiger partial charge is 0.137 e. The third-order valence-corrected chi connectivity index (χ3v) is 3.03. The third-order valence-electron chi connectivity index (χ3n) is 2.14. The largest absolute Gasteiger partial charge is 0.393 e. The number of rotatable bonds is 5. The van der Waals surface area contributed by atoms with E-state index in [2.05, 4.69) is 15.9 Å². The Balaban J connectivity index is 2.60. The van der Waals surface area contributed by atoms with Gasteiger partial charge in [0.25, 0.3) is 0 Å². The van der Waals surface area contributed by atoms with Gasteiger partial charge in [-0.05, 0) is 40.4 Å². The quantitative estimate of drug-likeness (QED) is 0.896. The summed E-state index contributed by atoms with van der Waals surface area (Å²) in [7, 11) is 1.59. The van der Waals surface area contributed by atoms with Crippen LogP contribution in [0.25, 0.3) is 0 Å². The summed E-state index contributed by atoms with van der Waals surface area (Å²) in [6, 6.07) is 4.82. The maximum Gasteiger partial charge on any atom is 0.137 e. The minimum atomic E-state index is -0.497. The fourth-order valence-electron chi connectivity index (χ4n) is 1.32. The zero-order valence-electron chi connectivity index (χ0n) is 8.54. The van der Waals surface area contributed by atoms with Crippen LogP contribution in [0.2, 0.25) is 0 Å². The van der Waals surface area contributed by atoms with Gasteiger partial charge in [-0.25, -0.2) is 4.39 Å². The van der Waals surface area contributed by atoms with Crippen LogP contribution in [-0.2, 0) is 11.2 Å². The Morgan fingerprint density at radius 1 is 1.53 bits per heavy atom. The Morgan fingerprint density at radius 2 is 2.27 bits per heavy atom. The van der Waals surface area contributed by atoms with E-state index in [0.717, 1.165) is 5.56 Å². The van der Waals surface area contributed by atoms with Gasteiger partial charge in [0.2, 0.25) is 0 Å². The maximum absolute atomic E-state index is 13.1. The molecule has 2 nitrogen and oxygen atoms in total. The summed E-state index contributed by atoms with van der Waals surface area (Å²) in [4.78, 5) is 0. The van der Waals surface area contributed by atoms with Crippen LogP contribution in [0, 0.1) is 5.82 Å². The van der Waals surface area contributed by atoms with Gasteiger partial charge in [0, 0.05) is 13.7 Å². The highest BCUT2D eigenvalue weighted by molar-refractivity contribution is 9.10. The van der Waals surface area contributed by atoms with Crippen molar-refractivity contribution in [1.29, 1.82) is 0 Å². The molecule has 0 aromatic heterocycles. The minimum absolute atomic E-state index is 0.300. The van der Waals surface area contributed by atoms with Gasteiger partial charge in [-0.15, -0.1) is 0 Å². The van der Waals surface area contributed by atoms with Crippen LogP contribution in [0.1, 0.15) is 12.0 Å². The van der Waals surface area contributed by atoms with E-state index >= 15 is 0 Å². The van der Waals surface area contributed by atoms with Gasteiger partial charge < -0.3 is 9.84 Å². The molecule has 0 amide bonds. The van der Waals surface area contributed by atoms with Crippen molar-refractivity contribution in [1.82, 2.24) is 0 Å². The topological polar surface area (TPSA) is 29.5 Å². The first kappa shape index (κ1) is 12.6. The normalized spacial score (nSPS) is 12.8. The molecule has 1 rings (SSSR count). The molecule has 0 aliphatic carbocycles. The first-order valence-corrected chi connectivity index (χ1v) is 5.54. The number of halogens is 2. The molecule has 0 radical (unpaired) electrons. The second-order valence-corrected chi connectivity index (χ2v) is 4.15. The molecule has 1 aromatic carbocycles. The predicted octanol–water partition coefficient (Wildman–Crippen LogP) is 2.53. The number of aliphatic hydroxyl groups excluding tert-OH is 1. The van der Waals surface area contributed by atoms with Crippen molar-refractivity contribution in [2.45, 2.75) is 18.9 Å². The second-order valence-electron chi connectivity index (χ2n) is 3.35. The molecule has 0 bridgehead atoms. The Hall–Kier alpha value is -0.450. The summed E-state index contributed by atoms with van der Waals surface area (Å²) in [5.74, 6) is -0.300. The average molecular weight is 277 g/mol. The number of benzene rings is 1. The van der Waals surface area contributed by atoms with Crippen LogP contribution in [0.5, 0.6) is 0 Å². The number of ether oxygens (including phenoxy) is 1. The molecule has 1 aromatic rings. The lowest BCUT2D eigenvalue weighted by Gasteiger charge is -2.11.